The van der Waals surface area contributed by atoms with Crippen LogP contribution < -0.4 is 0 Å². The molecular weight excluding hydrogens is 296 g/mol. The third kappa shape index (κ3) is 6.34. The van der Waals surface area contributed by atoms with Crippen molar-refractivity contribution in [1.82, 2.24) is 10.0 Å². The summed E-state index contributed by atoms with van der Waals surface area (Å²) in [6, 6.07) is 10.3. The first-order valence-corrected chi connectivity index (χ1v) is 9.50. The quantitative estimate of drug-likeness (QED) is 0.435. The molecule has 0 atom stereocenters. The molecule has 4 nitrogen and oxygen atoms in total. The van der Waals surface area contributed by atoms with Gasteiger partial charge in [0.15, 0.2) is 0 Å². The van der Waals surface area contributed by atoms with Crippen molar-refractivity contribution in [3.8, 4) is 0 Å². The van der Waals surface area contributed by atoms with E-state index in [9.17, 15) is 0 Å². The maximum atomic E-state index is 4.25. The van der Waals surface area contributed by atoms with Gasteiger partial charge in [-0.15, -0.1) is 0 Å². The Hall–Kier alpha value is -1.84. The Morgan fingerprint density at radius 1 is 0.792 bits per heavy atom. The summed E-state index contributed by atoms with van der Waals surface area (Å²) in [6.45, 7) is 8.06. The van der Waals surface area contributed by atoms with Gasteiger partial charge in [-0.05, 0) is 22.4 Å². The lowest BCUT2D eigenvalue weighted by Gasteiger charge is -2.18. The Bertz CT molecular complexity index is 498. The number of hydrogen-bond donors (Lipinski definition) is 0. The molecule has 0 saturated carbocycles. The Balaban J connectivity index is 1.55. The molecule has 24 heavy (non-hydrogen) atoms. The largest absolute Gasteiger partial charge is 0.229 e. The molecule has 4 heteroatoms. The Morgan fingerprint density at radius 2 is 1.38 bits per heavy atom. The van der Waals surface area contributed by atoms with Crippen LogP contribution in [0.3, 0.4) is 0 Å². The van der Waals surface area contributed by atoms with Gasteiger partial charge in [0.2, 0.25) is 0 Å². The fourth-order valence-electron chi connectivity index (χ4n) is 2.96. The summed E-state index contributed by atoms with van der Waals surface area (Å²) < 4.78 is 0. The first kappa shape index (κ1) is 18.5. The van der Waals surface area contributed by atoms with Crippen molar-refractivity contribution < 1.29 is 0 Å². The van der Waals surface area contributed by atoms with Gasteiger partial charge in [0.1, 0.15) is 5.82 Å². The van der Waals surface area contributed by atoms with E-state index in [4.69, 9.17) is 0 Å². The number of nitrogens with zero attached hydrogens (tertiary/aromatic N) is 4. The van der Waals surface area contributed by atoms with Crippen LogP contribution in [0, 0.1) is 0 Å². The Labute approximate surface area is 147 Å². The van der Waals surface area contributed by atoms with Gasteiger partial charge in [-0.3, -0.25) is 0 Å². The molecule has 0 N–H and O–H groups in total. The van der Waals surface area contributed by atoms with E-state index in [0.29, 0.717) is 0 Å². The van der Waals surface area contributed by atoms with E-state index < -0.39 is 0 Å². The zero-order chi connectivity index (χ0) is 17.0. The zero-order valence-electron chi connectivity index (χ0n) is 15.2. The van der Waals surface area contributed by atoms with Crippen LogP contribution in [0.4, 0.5) is 0 Å². The van der Waals surface area contributed by atoms with Crippen molar-refractivity contribution in [2.24, 2.45) is 10.4 Å². The molecule has 0 aromatic heterocycles. The van der Waals surface area contributed by atoms with Crippen LogP contribution in [-0.2, 0) is 6.54 Å². The average Bonchev–Trinajstić information content (AvgIpc) is 2.94. The lowest BCUT2D eigenvalue weighted by molar-refractivity contribution is 0.291. The number of rotatable bonds is 12. The van der Waals surface area contributed by atoms with Gasteiger partial charge in [-0.1, -0.05) is 95.2 Å². The summed E-state index contributed by atoms with van der Waals surface area (Å²) in [5, 5.41) is 12.3. The first-order chi connectivity index (χ1) is 11.8. The standard InChI is InChI=1S/C20H32N4/c1-3-4-5-6-7-8-9-10-14-17-23-19(2)24(22-21-23)18-20-15-12-11-13-16-20/h11-13,15-16H,2-10,14,17-18H2,1H3. The van der Waals surface area contributed by atoms with Crippen molar-refractivity contribution in [2.45, 2.75) is 71.3 Å². The second-order valence-electron chi connectivity index (χ2n) is 6.59. The molecule has 1 aliphatic rings. The van der Waals surface area contributed by atoms with E-state index in [0.717, 1.165) is 25.3 Å². The van der Waals surface area contributed by atoms with E-state index in [1.165, 1.54) is 56.9 Å². The minimum Gasteiger partial charge on any atom is -0.229 e. The Kier molecular flexibility index (Phi) is 8.36. The topological polar surface area (TPSA) is 31.2 Å². The van der Waals surface area contributed by atoms with Gasteiger partial charge in [0.25, 0.3) is 0 Å². The van der Waals surface area contributed by atoms with E-state index in [1.807, 2.05) is 28.2 Å². The monoisotopic (exact) mass is 328 g/mol. The van der Waals surface area contributed by atoms with Crippen LogP contribution in [-0.4, -0.2) is 16.6 Å². The van der Waals surface area contributed by atoms with Crippen molar-refractivity contribution in [2.75, 3.05) is 6.54 Å². The molecule has 1 aromatic rings. The summed E-state index contributed by atoms with van der Waals surface area (Å²) in [5.74, 6) is 0.887. The van der Waals surface area contributed by atoms with Gasteiger partial charge in [0.05, 0.1) is 6.54 Å². The number of unbranched alkanes of at least 4 members (excludes halogenated alkanes) is 8. The van der Waals surface area contributed by atoms with Gasteiger partial charge >= 0.3 is 0 Å². The highest BCUT2D eigenvalue weighted by Crippen LogP contribution is 2.22. The summed E-state index contributed by atoms with van der Waals surface area (Å²) in [5.41, 5.74) is 1.22. The fraction of sp³-hybridized carbons (Fsp3) is 0.600. The number of benzene rings is 1. The molecule has 0 amide bonds. The lowest BCUT2D eigenvalue weighted by Crippen LogP contribution is -2.22. The maximum Gasteiger partial charge on any atom is 0.142 e. The van der Waals surface area contributed by atoms with Crippen molar-refractivity contribution in [3.63, 3.8) is 0 Å². The van der Waals surface area contributed by atoms with E-state index in [2.05, 4.69) is 36.1 Å². The third-order valence-corrected chi connectivity index (χ3v) is 4.50. The molecule has 1 aliphatic heterocycles. The smallest absolute Gasteiger partial charge is 0.142 e. The Morgan fingerprint density at radius 3 is 2.04 bits per heavy atom. The molecule has 0 fully saturated rings. The molecule has 0 spiro atoms. The molecule has 132 valence electrons. The first-order valence-electron chi connectivity index (χ1n) is 9.50. The van der Waals surface area contributed by atoms with E-state index in [-0.39, 0.29) is 0 Å². The van der Waals surface area contributed by atoms with Crippen molar-refractivity contribution in [3.05, 3.63) is 48.3 Å². The summed E-state index contributed by atoms with van der Waals surface area (Å²) in [7, 11) is 0. The number of hydrogen-bond acceptors (Lipinski definition) is 4. The van der Waals surface area contributed by atoms with Crippen LogP contribution in [0.5, 0.6) is 0 Å². The minimum atomic E-state index is 0.734. The van der Waals surface area contributed by atoms with Crippen LogP contribution in [0.15, 0.2) is 53.2 Å². The highest BCUT2D eigenvalue weighted by molar-refractivity contribution is 5.15. The van der Waals surface area contributed by atoms with Gasteiger partial charge in [0, 0.05) is 6.54 Å². The normalized spacial score (nSPS) is 14.0. The molecule has 0 aliphatic carbocycles. The molecule has 2 rings (SSSR count). The van der Waals surface area contributed by atoms with Crippen LogP contribution in [0.25, 0.3) is 0 Å². The molecule has 1 heterocycles. The predicted octanol–water partition coefficient (Wildman–Crippen LogP) is 6.09. The summed E-state index contributed by atoms with van der Waals surface area (Å²) in [6.07, 6.45) is 12.0. The third-order valence-electron chi connectivity index (χ3n) is 4.50. The lowest BCUT2D eigenvalue weighted by atomic mass is 10.1. The maximum absolute atomic E-state index is 4.25. The molecule has 0 bridgehead atoms. The van der Waals surface area contributed by atoms with Crippen LogP contribution >= 0.6 is 0 Å². The summed E-state index contributed by atoms with van der Waals surface area (Å²) in [4.78, 5) is 0. The predicted molar refractivity (Wildman–Crippen MR) is 99.9 cm³/mol. The summed E-state index contributed by atoms with van der Waals surface area (Å²) >= 11 is 0. The van der Waals surface area contributed by atoms with Gasteiger partial charge < -0.3 is 0 Å². The molecular formula is C20H32N4. The van der Waals surface area contributed by atoms with Crippen molar-refractivity contribution in [1.29, 1.82) is 0 Å². The van der Waals surface area contributed by atoms with E-state index >= 15 is 0 Å². The fourth-order valence-corrected chi connectivity index (χ4v) is 2.96. The molecule has 0 saturated heterocycles. The second kappa shape index (κ2) is 10.8. The molecule has 1 aromatic carbocycles. The second-order valence-corrected chi connectivity index (χ2v) is 6.59. The van der Waals surface area contributed by atoms with Crippen LogP contribution in [0.1, 0.15) is 70.3 Å². The van der Waals surface area contributed by atoms with Crippen LogP contribution in [0.2, 0.25) is 0 Å². The van der Waals surface area contributed by atoms with Gasteiger partial charge in [-0.2, -0.15) is 0 Å². The average molecular weight is 329 g/mol. The van der Waals surface area contributed by atoms with Gasteiger partial charge in [-0.25, -0.2) is 10.0 Å². The molecule has 0 radical (unpaired) electrons. The zero-order valence-corrected chi connectivity index (χ0v) is 15.2. The van der Waals surface area contributed by atoms with Crippen molar-refractivity contribution >= 4 is 0 Å². The molecule has 0 unspecified atom stereocenters. The highest BCUT2D eigenvalue weighted by Gasteiger charge is 2.20. The minimum absolute atomic E-state index is 0.734. The highest BCUT2D eigenvalue weighted by atomic mass is 15.8. The SMILES string of the molecule is C=C1N(CCCCCCCCCCC)N=NN1Cc1ccccc1. The van der Waals surface area contributed by atoms with E-state index in [1.54, 1.807) is 0 Å².